The number of carbonyl (C=O) groups excluding carboxylic acids is 1. The molecule has 0 spiro atoms. The van der Waals surface area contributed by atoms with Crippen LogP contribution in [0.5, 0.6) is 23.0 Å². The van der Waals surface area contributed by atoms with Gasteiger partial charge in [-0.15, -0.1) is 21.5 Å². The van der Waals surface area contributed by atoms with E-state index in [1.54, 1.807) is 40.7 Å². The Morgan fingerprint density at radius 1 is 0.950 bits per heavy atom. The van der Waals surface area contributed by atoms with Crippen LogP contribution < -0.4 is 24.3 Å². The molecule has 5 rings (SSSR count). The van der Waals surface area contributed by atoms with Crippen molar-refractivity contribution in [3.63, 3.8) is 0 Å². The molecule has 1 amide bonds. The molecule has 0 radical (unpaired) electrons. The molecule has 0 bridgehead atoms. The molecule has 2 aromatic carbocycles. The molecule has 0 aliphatic rings. The Kier molecular flexibility index (Phi) is 8.37. The third-order valence-corrected chi connectivity index (χ3v) is 7.73. The second-order valence-electron chi connectivity index (χ2n) is 8.41. The van der Waals surface area contributed by atoms with Crippen molar-refractivity contribution in [1.29, 1.82) is 0 Å². The summed E-state index contributed by atoms with van der Waals surface area (Å²) in [7, 11) is 6.31. The summed E-state index contributed by atoms with van der Waals surface area (Å²) in [5, 5.41) is 15.2. The number of fused-ring (bicyclic) bond motifs is 1. The Morgan fingerprint density at radius 2 is 1.68 bits per heavy atom. The van der Waals surface area contributed by atoms with Gasteiger partial charge in [0.1, 0.15) is 0 Å². The van der Waals surface area contributed by atoms with Crippen LogP contribution >= 0.6 is 23.1 Å². The van der Waals surface area contributed by atoms with Crippen molar-refractivity contribution < 1.29 is 28.2 Å². The second kappa shape index (κ2) is 12.3. The van der Waals surface area contributed by atoms with E-state index in [0.29, 0.717) is 46.2 Å². The van der Waals surface area contributed by atoms with Gasteiger partial charge in [-0.3, -0.25) is 9.78 Å². The van der Waals surface area contributed by atoms with Crippen molar-refractivity contribution in [1.82, 2.24) is 15.2 Å². The molecule has 0 unspecified atom stereocenters. The molecule has 12 heteroatoms. The van der Waals surface area contributed by atoms with Gasteiger partial charge in [-0.05, 0) is 46.7 Å². The molecule has 40 heavy (non-hydrogen) atoms. The van der Waals surface area contributed by atoms with E-state index in [1.165, 1.54) is 11.3 Å². The molecular weight excluding hydrogens is 552 g/mol. The monoisotopic (exact) mass is 578 g/mol. The summed E-state index contributed by atoms with van der Waals surface area (Å²) in [5.41, 5.74) is 2.17. The number of rotatable bonds is 11. The van der Waals surface area contributed by atoms with Gasteiger partial charge in [-0.1, -0.05) is 17.8 Å². The normalized spacial score (nSPS) is 10.9. The average molecular weight is 579 g/mol. The quantitative estimate of drug-likeness (QED) is 0.196. The molecule has 0 saturated carbocycles. The molecule has 0 aliphatic carbocycles. The Balaban J connectivity index is 1.40. The highest BCUT2D eigenvalue weighted by atomic mass is 32.2. The van der Waals surface area contributed by atoms with E-state index in [1.807, 2.05) is 41.8 Å². The molecule has 206 valence electrons. The molecule has 1 N–H and O–H groups in total. The van der Waals surface area contributed by atoms with Crippen LogP contribution in [0.15, 0.2) is 63.7 Å². The van der Waals surface area contributed by atoms with E-state index in [9.17, 15) is 4.79 Å². The van der Waals surface area contributed by atoms with Crippen LogP contribution in [-0.4, -0.2) is 55.3 Å². The summed E-state index contributed by atoms with van der Waals surface area (Å²) < 4.78 is 27.7. The Morgan fingerprint density at radius 3 is 2.40 bits per heavy atom. The summed E-state index contributed by atoms with van der Waals surface area (Å²) in [6.45, 7) is 0. The Hall–Kier alpha value is -4.29. The smallest absolute Gasteiger partial charge is 0.277 e. The number of ether oxygens (including phenoxy) is 4. The summed E-state index contributed by atoms with van der Waals surface area (Å²) in [5.74, 6) is 2.52. The van der Waals surface area contributed by atoms with Crippen LogP contribution in [0.4, 0.5) is 5.69 Å². The fourth-order valence-corrected chi connectivity index (χ4v) is 5.35. The summed E-state index contributed by atoms with van der Waals surface area (Å²) in [4.78, 5) is 18.5. The topological polar surface area (TPSA) is 118 Å². The van der Waals surface area contributed by atoms with E-state index in [2.05, 4.69) is 20.5 Å². The van der Waals surface area contributed by atoms with Crippen molar-refractivity contribution in [2.45, 2.75) is 11.6 Å². The minimum absolute atomic E-state index is 0.0728. The van der Waals surface area contributed by atoms with Gasteiger partial charge in [0.2, 0.25) is 5.91 Å². The van der Waals surface area contributed by atoms with Gasteiger partial charge in [0.25, 0.3) is 11.1 Å². The molecular formula is C28H26N4O6S2. The number of nitrogens with one attached hydrogen (secondary N) is 1. The van der Waals surface area contributed by atoms with Gasteiger partial charge in [0, 0.05) is 29.8 Å². The number of anilines is 1. The highest BCUT2D eigenvalue weighted by Gasteiger charge is 2.18. The molecule has 3 heterocycles. The number of pyridine rings is 1. The number of thioether (sulfide) groups is 1. The van der Waals surface area contributed by atoms with E-state index in [4.69, 9.17) is 23.4 Å². The third-order valence-electron chi connectivity index (χ3n) is 6.06. The number of aromatic nitrogens is 3. The first-order valence-corrected chi connectivity index (χ1v) is 13.9. The lowest BCUT2D eigenvalue weighted by molar-refractivity contribution is -0.113. The number of amides is 1. The first-order chi connectivity index (χ1) is 19.5. The maximum Gasteiger partial charge on any atom is 0.277 e. The van der Waals surface area contributed by atoms with Crippen molar-refractivity contribution in [3.05, 3.63) is 65.3 Å². The first kappa shape index (κ1) is 27.3. The number of methoxy groups -OCH3 is 4. The molecule has 0 fully saturated rings. The van der Waals surface area contributed by atoms with Crippen LogP contribution in [-0.2, 0) is 11.2 Å². The van der Waals surface area contributed by atoms with Crippen molar-refractivity contribution in [2.75, 3.05) is 39.5 Å². The lowest BCUT2D eigenvalue weighted by atomic mass is 10.0. The average Bonchev–Trinajstić information content (AvgIpc) is 3.68. The van der Waals surface area contributed by atoms with Crippen LogP contribution in [0.25, 0.3) is 21.5 Å². The molecule has 0 saturated heterocycles. The molecule has 10 nitrogen and oxygen atoms in total. The van der Waals surface area contributed by atoms with Gasteiger partial charge in [-0.25, -0.2) is 0 Å². The number of thiophene rings is 1. The minimum Gasteiger partial charge on any atom is -0.493 e. The molecule has 3 aromatic heterocycles. The number of carbonyl (C=O) groups is 1. The lowest BCUT2D eigenvalue weighted by Gasteiger charge is -2.17. The largest absolute Gasteiger partial charge is 0.493 e. The van der Waals surface area contributed by atoms with E-state index in [-0.39, 0.29) is 11.7 Å². The van der Waals surface area contributed by atoms with Gasteiger partial charge in [0.15, 0.2) is 23.0 Å². The molecule has 0 atom stereocenters. The Bertz CT molecular complexity index is 1640. The summed E-state index contributed by atoms with van der Waals surface area (Å²) >= 11 is 2.66. The van der Waals surface area contributed by atoms with Crippen LogP contribution in [0.3, 0.4) is 0 Å². The minimum atomic E-state index is -0.244. The fraction of sp³-hybridized carbons (Fsp3) is 0.214. The maximum atomic E-state index is 13.0. The second-order valence-corrected chi connectivity index (χ2v) is 10.3. The number of benzene rings is 2. The number of hydrogen-bond donors (Lipinski definition) is 1. The first-order valence-electron chi connectivity index (χ1n) is 12.1. The zero-order valence-electron chi connectivity index (χ0n) is 22.2. The SMILES string of the molecule is COc1cc(Cc2nccc3cc(OC)c(OC)cc23)c(NC(=O)CSc2nnc(-c3cccs3)o2)cc1OC. The summed E-state index contributed by atoms with van der Waals surface area (Å²) in [6, 6.07) is 13.1. The van der Waals surface area contributed by atoms with E-state index >= 15 is 0 Å². The zero-order valence-corrected chi connectivity index (χ0v) is 23.9. The van der Waals surface area contributed by atoms with Crippen LogP contribution in [0, 0.1) is 0 Å². The molecule has 5 aromatic rings. The highest BCUT2D eigenvalue weighted by molar-refractivity contribution is 7.99. The standard InChI is InChI=1S/C28H26N4O6S2/c1-34-21-11-16-7-8-29-20(18(16)13-23(21)36-3)10-17-12-22(35-2)24(37-4)14-19(17)30-26(33)15-40-28-32-31-27(38-28)25-6-5-9-39-25/h5-9,11-14H,10,15H2,1-4H3,(H,30,33). The summed E-state index contributed by atoms with van der Waals surface area (Å²) in [6.07, 6.45) is 2.15. The van der Waals surface area contributed by atoms with Gasteiger partial charge in [-0.2, -0.15) is 0 Å². The predicted molar refractivity (Wildman–Crippen MR) is 154 cm³/mol. The Labute approximate surface area is 238 Å². The van der Waals surface area contributed by atoms with Gasteiger partial charge >= 0.3 is 0 Å². The maximum absolute atomic E-state index is 13.0. The number of nitrogens with zero attached hydrogens (tertiary/aromatic N) is 3. The van der Waals surface area contributed by atoms with Crippen LogP contribution in [0.2, 0.25) is 0 Å². The van der Waals surface area contributed by atoms with E-state index < -0.39 is 0 Å². The predicted octanol–water partition coefficient (Wildman–Crippen LogP) is 5.70. The van der Waals surface area contributed by atoms with Crippen molar-refractivity contribution in [2.24, 2.45) is 0 Å². The van der Waals surface area contributed by atoms with Crippen LogP contribution in [0.1, 0.15) is 11.3 Å². The van der Waals surface area contributed by atoms with Gasteiger partial charge in [0.05, 0.1) is 44.8 Å². The van der Waals surface area contributed by atoms with Gasteiger partial charge < -0.3 is 28.7 Å². The van der Waals surface area contributed by atoms with Crippen molar-refractivity contribution >= 4 is 45.5 Å². The zero-order chi connectivity index (χ0) is 28.1. The number of hydrogen-bond acceptors (Lipinski definition) is 11. The third kappa shape index (κ3) is 5.82. The highest BCUT2D eigenvalue weighted by Crippen LogP contribution is 2.37. The fourth-order valence-electron chi connectivity index (χ4n) is 4.15. The van der Waals surface area contributed by atoms with E-state index in [0.717, 1.165) is 38.7 Å². The lowest BCUT2D eigenvalue weighted by Crippen LogP contribution is -2.16. The molecule has 0 aliphatic heterocycles. The van der Waals surface area contributed by atoms with Crippen molar-refractivity contribution in [3.8, 4) is 33.8 Å².